The zero-order chi connectivity index (χ0) is 14.1. The fourth-order valence-electron chi connectivity index (χ4n) is 2.91. The van der Waals surface area contributed by atoms with Gasteiger partial charge in [-0.1, -0.05) is 0 Å². The Morgan fingerprint density at radius 3 is 2.95 bits per heavy atom. The van der Waals surface area contributed by atoms with Crippen LogP contribution in [0.5, 0.6) is 0 Å². The minimum absolute atomic E-state index is 0.0744. The first-order chi connectivity index (χ1) is 9.70. The van der Waals surface area contributed by atoms with Crippen LogP contribution in [0.15, 0.2) is 6.20 Å². The minimum atomic E-state index is 0.0744. The van der Waals surface area contributed by atoms with Crippen molar-refractivity contribution in [2.75, 3.05) is 13.2 Å². The Morgan fingerprint density at radius 2 is 2.25 bits per heavy atom. The van der Waals surface area contributed by atoms with Crippen LogP contribution in [0.25, 0.3) is 0 Å². The minimum Gasteiger partial charge on any atom is -0.375 e. The molecule has 1 aliphatic carbocycles. The van der Waals surface area contributed by atoms with Gasteiger partial charge in [-0.15, -0.1) is 0 Å². The quantitative estimate of drug-likeness (QED) is 0.828. The van der Waals surface area contributed by atoms with E-state index in [9.17, 15) is 4.79 Å². The molecule has 1 fully saturated rings. The number of fused-ring (bicyclic) bond motifs is 1. The van der Waals surface area contributed by atoms with Gasteiger partial charge < -0.3 is 14.2 Å². The van der Waals surface area contributed by atoms with Crippen LogP contribution in [-0.2, 0) is 22.7 Å². The molecule has 1 aliphatic heterocycles. The molecule has 1 amide bonds. The smallest absolute Gasteiger partial charge is 0.223 e. The highest BCUT2D eigenvalue weighted by atomic mass is 16.5. The molecule has 2 aliphatic rings. The van der Waals surface area contributed by atoms with Crippen molar-refractivity contribution < 1.29 is 9.53 Å². The van der Waals surface area contributed by atoms with Gasteiger partial charge in [-0.2, -0.15) is 0 Å². The zero-order valence-electron chi connectivity index (χ0n) is 12.3. The summed E-state index contributed by atoms with van der Waals surface area (Å²) in [5.41, 5.74) is 1.11. The number of imidazole rings is 1. The average molecular weight is 277 g/mol. The monoisotopic (exact) mass is 277 g/mol. The maximum absolute atomic E-state index is 12.3. The number of hydrogen-bond acceptors (Lipinski definition) is 3. The van der Waals surface area contributed by atoms with Crippen LogP contribution < -0.4 is 0 Å². The van der Waals surface area contributed by atoms with Gasteiger partial charge in [-0.3, -0.25) is 4.79 Å². The topological polar surface area (TPSA) is 47.4 Å². The normalized spacial score (nSPS) is 21.9. The third-order valence-electron chi connectivity index (χ3n) is 4.31. The first-order valence-electron chi connectivity index (χ1n) is 7.62. The van der Waals surface area contributed by atoms with Crippen LogP contribution >= 0.6 is 0 Å². The van der Waals surface area contributed by atoms with E-state index in [1.165, 1.54) is 12.8 Å². The van der Waals surface area contributed by atoms with Gasteiger partial charge in [0.05, 0.1) is 24.5 Å². The van der Waals surface area contributed by atoms with E-state index < -0.39 is 0 Å². The van der Waals surface area contributed by atoms with Gasteiger partial charge >= 0.3 is 0 Å². The molecule has 5 heteroatoms. The lowest BCUT2D eigenvalue weighted by Gasteiger charge is -2.34. The van der Waals surface area contributed by atoms with E-state index in [4.69, 9.17) is 4.74 Å². The molecular formula is C15H23N3O2. The second kappa shape index (κ2) is 5.56. The van der Waals surface area contributed by atoms with E-state index in [1.54, 1.807) is 0 Å². The summed E-state index contributed by atoms with van der Waals surface area (Å²) < 4.78 is 7.68. The highest BCUT2D eigenvalue weighted by Crippen LogP contribution is 2.34. The summed E-state index contributed by atoms with van der Waals surface area (Å²) >= 11 is 0. The maximum Gasteiger partial charge on any atom is 0.223 e. The highest BCUT2D eigenvalue weighted by molar-refractivity contribution is 5.77. The number of carbonyl (C=O) groups excluding carboxylic acids is 1. The molecule has 1 atom stereocenters. The van der Waals surface area contributed by atoms with Crippen LogP contribution in [0.3, 0.4) is 0 Å². The van der Waals surface area contributed by atoms with E-state index in [0.29, 0.717) is 25.0 Å². The molecule has 20 heavy (non-hydrogen) atoms. The Hall–Kier alpha value is -1.36. The van der Waals surface area contributed by atoms with Crippen molar-refractivity contribution in [2.24, 2.45) is 5.92 Å². The van der Waals surface area contributed by atoms with Gasteiger partial charge in [0.25, 0.3) is 0 Å². The molecule has 3 rings (SSSR count). The molecule has 0 aromatic carbocycles. The highest BCUT2D eigenvalue weighted by Gasteiger charge is 2.33. The zero-order valence-corrected chi connectivity index (χ0v) is 12.3. The summed E-state index contributed by atoms with van der Waals surface area (Å²) in [5.74, 6) is 1.93. The summed E-state index contributed by atoms with van der Waals surface area (Å²) in [4.78, 5) is 18.8. The molecule has 0 N–H and O–H groups in total. The van der Waals surface area contributed by atoms with Crippen molar-refractivity contribution in [2.45, 2.75) is 52.3 Å². The lowest BCUT2D eigenvalue weighted by Crippen LogP contribution is -2.41. The first kappa shape index (κ1) is 13.6. The third-order valence-corrected chi connectivity index (χ3v) is 4.31. The second-order valence-electron chi connectivity index (χ2n) is 5.81. The number of carbonyl (C=O) groups is 1. The number of ether oxygens (including phenoxy) is 1. The van der Waals surface area contributed by atoms with E-state index >= 15 is 0 Å². The summed E-state index contributed by atoms with van der Waals surface area (Å²) in [6, 6.07) is 0.0744. The Bertz CT molecular complexity index is 493. The molecule has 1 aromatic rings. The van der Waals surface area contributed by atoms with Crippen molar-refractivity contribution in [1.29, 1.82) is 0 Å². The predicted molar refractivity (Wildman–Crippen MR) is 75.0 cm³/mol. The van der Waals surface area contributed by atoms with Gasteiger partial charge in [-0.05, 0) is 32.6 Å². The Balaban J connectivity index is 1.71. The van der Waals surface area contributed by atoms with Gasteiger partial charge in [0, 0.05) is 26.1 Å². The lowest BCUT2D eigenvalue weighted by molar-refractivity contribution is -0.134. The lowest BCUT2D eigenvalue weighted by atomic mass is 10.1. The number of rotatable bonds is 5. The molecule has 0 bridgehead atoms. The first-order valence-corrected chi connectivity index (χ1v) is 7.62. The fourth-order valence-corrected chi connectivity index (χ4v) is 2.91. The molecule has 110 valence electrons. The molecule has 1 aromatic heterocycles. The predicted octanol–water partition coefficient (Wildman–Crippen LogP) is 2.12. The van der Waals surface area contributed by atoms with Gasteiger partial charge in [0.1, 0.15) is 5.82 Å². The van der Waals surface area contributed by atoms with Crippen molar-refractivity contribution in [3.63, 3.8) is 0 Å². The standard InChI is InChI=1S/C15H23N3O2/c1-3-20-10-13-9-16-15-11(2)17(6-7-18(13)15)14(19)8-12-4-5-12/h9,11-12H,3-8,10H2,1-2H3. The van der Waals surface area contributed by atoms with E-state index in [-0.39, 0.29) is 6.04 Å². The SMILES string of the molecule is CCOCc1cnc2n1CCN(C(=O)CC1CC1)C2C. The van der Waals surface area contributed by atoms with Gasteiger partial charge in [0.15, 0.2) is 0 Å². The van der Waals surface area contributed by atoms with E-state index in [0.717, 1.165) is 31.0 Å². The number of aromatic nitrogens is 2. The van der Waals surface area contributed by atoms with Gasteiger partial charge in [-0.25, -0.2) is 4.98 Å². The third kappa shape index (κ3) is 2.59. The maximum atomic E-state index is 12.3. The molecule has 1 saturated carbocycles. The van der Waals surface area contributed by atoms with E-state index in [2.05, 4.69) is 16.5 Å². The fraction of sp³-hybridized carbons (Fsp3) is 0.733. The summed E-state index contributed by atoms with van der Waals surface area (Å²) in [7, 11) is 0. The Morgan fingerprint density at radius 1 is 1.45 bits per heavy atom. The van der Waals surface area contributed by atoms with Crippen molar-refractivity contribution in [1.82, 2.24) is 14.5 Å². The average Bonchev–Trinajstić information content (AvgIpc) is 3.15. The molecule has 5 nitrogen and oxygen atoms in total. The molecule has 0 saturated heterocycles. The van der Waals surface area contributed by atoms with Crippen LogP contribution in [-0.4, -0.2) is 33.5 Å². The van der Waals surface area contributed by atoms with Gasteiger partial charge in [0.2, 0.25) is 5.91 Å². The Labute approximate surface area is 119 Å². The number of amides is 1. The summed E-state index contributed by atoms with van der Waals surface area (Å²) in [6.45, 7) is 7.00. The van der Waals surface area contributed by atoms with Crippen LogP contribution in [0.1, 0.15) is 50.7 Å². The number of hydrogen-bond donors (Lipinski definition) is 0. The van der Waals surface area contributed by atoms with Crippen molar-refractivity contribution >= 4 is 5.91 Å². The summed E-state index contributed by atoms with van der Waals surface area (Å²) in [5, 5.41) is 0. The van der Waals surface area contributed by atoms with Crippen LogP contribution in [0.2, 0.25) is 0 Å². The summed E-state index contributed by atoms with van der Waals surface area (Å²) in [6.07, 6.45) is 5.05. The molecule has 2 heterocycles. The Kier molecular flexibility index (Phi) is 3.78. The largest absolute Gasteiger partial charge is 0.375 e. The van der Waals surface area contributed by atoms with E-state index in [1.807, 2.05) is 18.0 Å². The van der Waals surface area contributed by atoms with Crippen LogP contribution in [0, 0.1) is 5.92 Å². The molecular weight excluding hydrogens is 254 g/mol. The van der Waals surface area contributed by atoms with Crippen molar-refractivity contribution in [3.8, 4) is 0 Å². The number of nitrogens with zero attached hydrogens (tertiary/aromatic N) is 3. The molecule has 1 unspecified atom stereocenters. The second-order valence-corrected chi connectivity index (χ2v) is 5.81. The molecule has 0 radical (unpaired) electrons. The van der Waals surface area contributed by atoms with Crippen LogP contribution in [0.4, 0.5) is 0 Å². The molecule has 0 spiro atoms. The van der Waals surface area contributed by atoms with Crippen molar-refractivity contribution in [3.05, 3.63) is 17.7 Å².